The third kappa shape index (κ3) is 4.47. The van der Waals surface area contributed by atoms with Crippen LogP contribution in [0.5, 0.6) is 0 Å². The molecule has 1 aliphatic rings. The molecule has 8 heteroatoms. The SMILES string of the molecule is N=Cc1ccc(-c2cc(Nc3ccc(Cl)cc3)nc(N3CCOCC3)n2)cc1N. The summed E-state index contributed by atoms with van der Waals surface area (Å²) in [5, 5.41) is 11.4. The van der Waals surface area contributed by atoms with Gasteiger partial charge in [-0.15, -0.1) is 0 Å². The highest BCUT2D eigenvalue weighted by Crippen LogP contribution is 2.28. The second-order valence-electron chi connectivity index (χ2n) is 6.66. The van der Waals surface area contributed by atoms with E-state index in [0.29, 0.717) is 41.3 Å². The molecule has 2 aromatic carbocycles. The Morgan fingerprint density at radius 2 is 1.83 bits per heavy atom. The molecule has 0 amide bonds. The van der Waals surface area contributed by atoms with Gasteiger partial charge in [-0.25, -0.2) is 4.98 Å². The zero-order valence-electron chi connectivity index (χ0n) is 15.7. The van der Waals surface area contributed by atoms with Crippen molar-refractivity contribution in [2.24, 2.45) is 0 Å². The zero-order chi connectivity index (χ0) is 20.2. The molecular formula is C21H21ClN6O. The largest absolute Gasteiger partial charge is 0.398 e. The monoisotopic (exact) mass is 408 g/mol. The molecule has 0 unspecified atom stereocenters. The molecule has 0 saturated carbocycles. The number of nitrogens with zero attached hydrogens (tertiary/aromatic N) is 3. The van der Waals surface area contributed by atoms with Crippen LogP contribution in [0.1, 0.15) is 5.56 Å². The Kier molecular flexibility index (Phi) is 5.59. The van der Waals surface area contributed by atoms with Crippen LogP contribution in [-0.2, 0) is 4.74 Å². The second kappa shape index (κ2) is 8.46. The molecule has 1 aliphatic heterocycles. The Balaban J connectivity index is 1.73. The summed E-state index contributed by atoms with van der Waals surface area (Å²) < 4.78 is 5.45. The minimum atomic E-state index is 0.538. The number of rotatable bonds is 5. The van der Waals surface area contributed by atoms with E-state index in [4.69, 9.17) is 37.4 Å². The van der Waals surface area contributed by atoms with Crippen LogP contribution in [0.4, 0.5) is 23.1 Å². The molecule has 3 aromatic rings. The molecule has 1 fully saturated rings. The number of nitrogens with one attached hydrogen (secondary N) is 2. The average molecular weight is 409 g/mol. The number of ether oxygens (including phenoxy) is 1. The standard InChI is InChI=1S/C21H21ClN6O/c22-16-3-5-17(6-4-16)25-20-12-19(14-1-2-15(13-23)18(24)11-14)26-21(27-20)28-7-9-29-10-8-28/h1-6,11-13,23H,7-10,24H2,(H,25,26,27). The smallest absolute Gasteiger partial charge is 0.228 e. The number of nitrogen functional groups attached to an aromatic ring is 1. The van der Waals surface area contributed by atoms with Crippen molar-refractivity contribution in [2.75, 3.05) is 42.3 Å². The van der Waals surface area contributed by atoms with Crippen LogP contribution < -0.4 is 16.0 Å². The van der Waals surface area contributed by atoms with Gasteiger partial charge in [0.1, 0.15) is 5.82 Å². The average Bonchev–Trinajstić information content (AvgIpc) is 2.76. The van der Waals surface area contributed by atoms with Crippen molar-refractivity contribution >= 4 is 41.0 Å². The Morgan fingerprint density at radius 1 is 1.07 bits per heavy atom. The lowest BCUT2D eigenvalue weighted by Crippen LogP contribution is -2.37. The van der Waals surface area contributed by atoms with Gasteiger partial charge in [-0.05, 0) is 30.3 Å². The highest BCUT2D eigenvalue weighted by molar-refractivity contribution is 6.30. The van der Waals surface area contributed by atoms with E-state index in [9.17, 15) is 0 Å². The van der Waals surface area contributed by atoms with Gasteiger partial charge in [-0.3, -0.25) is 0 Å². The van der Waals surface area contributed by atoms with Crippen LogP contribution >= 0.6 is 11.6 Å². The minimum Gasteiger partial charge on any atom is -0.398 e. The first-order valence-electron chi connectivity index (χ1n) is 9.27. The summed E-state index contributed by atoms with van der Waals surface area (Å²) in [6.45, 7) is 2.76. The van der Waals surface area contributed by atoms with Crippen molar-refractivity contribution in [3.05, 3.63) is 59.1 Å². The molecule has 0 radical (unpaired) electrons. The maximum Gasteiger partial charge on any atom is 0.228 e. The van der Waals surface area contributed by atoms with Crippen molar-refractivity contribution < 1.29 is 4.74 Å². The van der Waals surface area contributed by atoms with Crippen molar-refractivity contribution in [1.29, 1.82) is 5.41 Å². The third-order valence-electron chi connectivity index (χ3n) is 4.66. The summed E-state index contributed by atoms with van der Waals surface area (Å²) in [6, 6.07) is 14.9. The summed E-state index contributed by atoms with van der Waals surface area (Å²) in [6.07, 6.45) is 1.24. The number of hydrogen-bond acceptors (Lipinski definition) is 7. The van der Waals surface area contributed by atoms with Crippen molar-refractivity contribution in [3.8, 4) is 11.3 Å². The van der Waals surface area contributed by atoms with Crippen LogP contribution in [0.25, 0.3) is 11.3 Å². The summed E-state index contributed by atoms with van der Waals surface area (Å²) in [5.74, 6) is 1.31. The quantitative estimate of drug-likeness (QED) is 0.436. The zero-order valence-corrected chi connectivity index (χ0v) is 16.5. The van der Waals surface area contributed by atoms with Gasteiger partial charge < -0.3 is 26.1 Å². The lowest BCUT2D eigenvalue weighted by molar-refractivity contribution is 0.122. The molecule has 4 rings (SSSR count). The van der Waals surface area contributed by atoms with E-state index in [2.05, 4.69) is 10.2 Å². The number of benzene rings is 2. The summed E-state index contributed by atoms with van der Waals surface area (Å²) in [7, 11) is 0. The number of halogens is 1. The van der Waals surface area contributed by atoms with Gasteiger partial charge in [0.05, 0.1) is 18.9 Å². The van der Waals surface area contributed by atoms with Crippen LogP contribution in [0.3, 0.4) is 0 Å². The number of hydrogen-bond donors (Lipinski definition) is 3. The molecule has 29 heavy (non-hydrogen) atoms. The molecule has 0 bridgehead atoms. The van der Waals surface area contributed by atoms with Gasteiger partial charge in [0.2, 0.25) is 5.95 Å². The van der Waals surface area contributed by atoms with Gasteiger partial charge >= 0.3 is 0 Å². The molecular weight excluding hydrogens is 388 g/mol. The van der Waals surface area contributed by atoms with Gasteiger partial charge in [0.15, 0.2) is 0 Å². The fourth-order valence-corrected chi connectivity index (χ4v) is 3.22. The molecule has 1 saturated heterocycles. The molecule has 148 valence electrons. The first-order chi connectivity index (χ1) is 14.1. The van der Waals surface area contributed by atoms with E-state index in [1.54, 1.807) is 0 Å². The first-order valence-corrected chi connectivity index (χ1v) is 9.65. The summed E-state index contributed by atoms with van der Waals surface area (Å²) >= 11 is 5.99. The van der Waals surface area contributed by atoms with E-state index in [1.165, 1.54) is 6.21 Å². The van der Waals surface area contributed by atoms with Crippen LogP contribution in [-0.4, -0.2) is 42.5 Å². The second-order valence-corrected chi connectivity index (χ2v) is 7.09. The van der Waals surface area contributed by atoms with E-state index in [1.807, 2.05) is 48.5 Å². The molecule has 0 aliphatic carbocycles. The van der Waals surface area contributed by atoms with Crippen molar-refractivity contribution in [2.45, 2.75) is 0 Å². The predicted octanol–water partition coefficient (Wildman–Crippen LogP) is 3.96. The Labute approximate surface area is 174 Å². The first kappa shape index (κ1) is 19.2. The maximum absolute atomic E-state index is 7.43. The predicted molar refractivity (Wildman–Crippen MR) is 118 cm³/mol. The van der Waals surface area contributed by atoms with Crippen molar-refractivity contribution in [3.63, 3.8) is 0 Å². The molecule has 1 aromatic heterocycles. The van der Waals surface area contributed by atoms with Gasteiger partial charge in [0, 0.05) is 52.9 Å². The normalized spacial score (nSPS) is 13.9. The van der Waals surface area contributed by atoms with E-state index >= 15 is 0 Å². The topological polar surface area (TPSA) is 100 Å². The molecule has 0 atom stereocenters. The van der Waals surface area contributed by atoms with Crippen LogP contribution in [0.2, 0.25) is 5.02 Å². The van der Waals surface area contributed by atoms with Crippen LogP contribution in [0.15, 0.2) is 48.5 Å². The number of aromatic nitrogens is 2. The lowest BCUT2D eigenvalue weighted by Gasteiger charge is -2.27. The van der Waals surface area contributed by atoms with Gasteiger partial charge in [-0.2, -0.15) is 4.98 Å². The van der Waals surface area contributed by atoms with E-state index in [0.717, 1.165) is 30.0 Å². The third-order valence-corrected chi connectivity index (χ3v) is 4.91. The van der Waals surface area contributed by atoms with Gasteiger partial charge in [-0.1, -0.05) is 23.7 Å². The van der Waals surface area contributed by atoms with E-state index < -0.39 is 0 Å². The minimum absolute atomic E-state index is 0.538. The Bertz CT molecular complexity index is 1020. The van der Waals surface area contributed by atoms with Crippen LogP contribution in [0, 0.1) is 5.41 Å². The molecule has 4 N–H and O–H groups in total. The molecule has 7 nitrogen and oxygen atoms in total. The molecule has 0 spiro atoms. The summed E-state index contributed by atoms with van der Waals surface area (Å²) in [4.78, 5) is 11.6. The number of anilines is 4. The van der Waals surface area contributed by atoms with Gasteiger partial charge in [0.25, 0.3) is 0 Å². The van der Waals surface area contributed by atoms with Crippen molar-refractivity contribution in [1.82, 2.24) is 9.97 Å². The fraction of sp³-hybridized carbons (Fsp3) is 0.190. The van der Waals surface area contributed by atoms with E-state index in [-0.39, 0.29) is 0 Å². The molecule has 2 heterocycles. The Hall–Kier alpha value is -3.16. The number of nitrogens with two attached hydrogens (primary N) is 1. The summed E-state index contributed by atoms with van der Waals surface area (Å²) in [5.41, 5.74) is 9.79. The highest BCUT2D eigenvalue weighted by atomic mass is 35.5. The highest BCUT2D eigenvalue weighted by Gasteiger charge is 2.17. The Morgan fingerprint density at radius 3 is 2.52 bits per heavy atom. The fourth-order valence-electron chi connectivity index (χ4n) is 3.10. The number of morpholine rings is 1. The lowest BCUT2D eigenvalue weighted by atomic mass is 10.1. The maximum atomic E-state index is 7.43.